The monoisotopic (exact) mass is 530 g/mol. The molecule has 38 heavy (non-hydrogen) atoms. The third-order valence-electron chi connectivity index (χ3n) is 7.28. The Bertz CT molecular complexity index is 1180. The summed E-state index contributed by atoms with van der Waals surface area (Å²) in [6, 6.07) is 10.9. The molecule has 0 spiro atoms. The minimum absolute atomic E-state index is 0.494. The normalized spacial score (nSPS) is 34.1. The first kappa shape index (κ1) is 28.5. The van der Waals surface area contributed by atoms with Crippen molar-refractivity contribution in [1.82, 2.24) is 0 Å². The zero-order valence-electron chi connectivity index (χ0n) is 21.1. The van der Waals surface area contributed by atoms with Crippen molar-refractivity contribution in [1.29, 1.82) is 0 Å². The van der Waals surface area contributed by atoms with Crippen molar-refractivity contribution >= 4 is 17.9 Å². The molecule has 0 saturated carbocycles. The lowest BCUT2D eigenvalue weighted by atomic mass is 9.88. The molecule has 10 nitrogen and oxygen atoms in total. The van der Waals surface area contributed by atoms with Crippen LogP contribution >= 0.6 is 0 Å². The largest absolute Gasteiger partial charge is 0.394 e. The van der Waals surface area contributed by atoms with E-state index in [4.69, 9.17) is 9.47 Å². The average molecular weight is 531 g/mol. The Labute approximate surface area is 220 Å². The molecule has 4 rings (SSSR count). The summed E-state index contributed by atoms with van der Waals surface area (Å²) in [5, 5.41) is 69.7. The third-order valence-corrected chi connectivity index (χ3v) is 7.28. The maximum atomic E-state index is 12.2. The number of rotatable bonds is 6. The molecule has 0 aliphatic carbocycles. The Morgan fingerprint density at radius 1 is 0.684 bits per heavy atom. The van der Waals surface area contributed by atoms with Gasteiger partial charge in [-0.1, -0.05) is 48.6 Å². The second-order valence-electron chi connectivity index (χ2n) is 9.88. The van der Waals surface area contributed by atoms with Gasteiger partial charge in [-0.05, 0) is 47.2 Å². The lowest BCUT2D eigenvalue weighted by Crippen LogP contribution is -2.55. The number of hydrogen-bond donors (Lipinski definition) is 7. The summed E-state index contributed by atoms with van der Waals surface area (Å²) in [4.78, 5) is 12.2. The number of benzene rings is 2. The number of aryl methyl sites for hydroxylation is 2. The van der Waals surface area contributed by atoms with Crippen LogP contribution in [0.25, 0.3) is 12.2 Å². The van der Waals surface area contributed by atoms with E-state index in [0.717, 1.165) is 22.3 Å². The third kappa shape index (κ3) is 5.46. The van der Waals surface area contributed by atoms with Gasteiger partial charge in [0.05, 0.1) is 13.2 Å². The maximum Gasteiger partial charge on any atom is 0.195 e. The van der Waals surface area contributed by atoms with Crippen LogP contribution in [0.4, 0.5) is 0 Å². The highest BCUT2D eigenvalue weighted by Crippen LogP contribution is 2.35. The summed E-state index contributed by atoms with van der Waals surface area (Å²) in [7, 11) is 0. The quantitative estimate of drug-likeness (QED) is 0.246. The van der Waals surface area contributed by atoms with Gasteiger partial charge in [0, 0.05) is 0 Å². The lowest BCUT2D eigenvalue weighted by Gasteiger charge is -2.40. The van der Waals surface area contributed by atoms with E-state index in [0.29, 0.717) is 11.1 Å². The van der Waals surface area contributed by atoms with E-state index in [1.807, 2.05) is 44.2 Å². The fourth-order valence-corrected chi connectivity index (χ4v) is 5.03. The first-order chi connectivity index (χ1) is 18.1. The molecule has 2 aliphatic heterocycles. The highest BCUT2D eigenvalue weighted by atomic mass is 16.5. The Kier molecular flexibility index (Phi) is 8.78. The van der Waals surface area contributed by atoms with E-state index < -0.39 is 73.9 Å². The van der Waals surface area contributed by atoms with Crippen molar-refractivity contribution < 1.29 is 50.0 Å². The molecule has 0 bridgehead atoms. The Hall–Kier alpha value is -2.51. The molecule has 0 radical (unpaired) electrons. The Morgan fingerprint density at radius 2 is 1.18 bits per heavy atom. The summed E-state index contributed by atoms with van der Waals surface area (Å²) in [5.74, 6) is -0.786. The summed E-state index contributed by atoms with van der Waals surface area (Å²) in [6.45, 7) is 2.60. The van der Waals surface area contributed by atoms with Crippen LogP contribution in [0.3, 0.4) is 0 Å². The van der Waals surface area contributed by atoms with Crippen LogP contribution in [-0.2, 0) is 14.3 Å². The summed E-state index contributed by atoms with van der Waals surface area (Å²) < 4.78 is 11.3. The van der Waals surface area contributed by atoms with Crippen molar-refractivity contribution in [3.63, 3.8) is 0 Å². The van der Waals surface area contributed by atoms with Gasteiger partial charge in [-0.3, -0.25) is 4.79 Å². The molecule has 1 unspecified atom stereocenters. The predicted octanol–water partition coefficient (Wildman–Crippen LogP) is -0.288. The first-order valence-corrected chi connectivity index (χ1v) is 12.4. The van der Waals surface area contributed by atoms with Crippen LogP contribution in [0.5, 0.6) is 0 Å². The van der Waals surface area contributed by atoms with Crippen molar-refractivity contribution in [3.8, 4) is 0 Å². The van der Waals surface area contributed by atoms with E-state index >= 15 is 0 Å². The van der Waals surface area contributed by atoms with Gasteiger partial charge in [0.2, 0.25) is 0 Å². The fraction of sp³-hybridized carbons (Fsp3) is 0.464. The van der Waals surface area contributed by atoms with Gasteiger partial charge in [0.1, 0.15) is 54.9 Å². The van der Waals surface area contributed by atoms with Crippen LogP contribution in [0.2, 0.25) is 0 Å². The van der Waals surface area contributed by atoms with Crippen LogP contribution in [0.15, 0.2) is 36.4 Å². The number of hydrogen-bond acceptors (Lipinski definition) is 10. The van der Waals surface area contributed by atoms with E-state index in [1.165, 1.54) is 0 Å². The molecule has 2 aromatic carbocycles. The SMILES string of the molecule is Cc1cc(/C=C/c2ccc([C@H]3O[C@H](CO)[C@@H](O)C(O)[C@@H]3O)c(C)c2)ccc1[C@H]1O[C@H](CO)[C@@H](O)C(=O)[C@@H]1O. The molecule has 2 fully saturated rings. The van der Waals surface area contributed by atoms with E-state index in [9.17, 15) is 40.5 Å². The van der Waals surface area contributed by atoms with Gasteiger partial charge in [-0.25, -0.2) is 0 Å². The summed E-state index contributed by atoms with van der Waals surface area (Å²) in [5.41, 5.74) is 4.45. The number of aliphatic hydroxyl groups excluding tert-OH is 7. The summed E-state index contributed by atoms with van der Waals surface area (Å²) >= 11 is 0. The van der Waals surface area contributed by atoms with Crippen molar-refractivity contribution in [2.75, 3.05) is 13.2 Å². The van der Waals surface area contributed by atoms with Crippen LogP contribution in [-0.4, -0.2) is 97.5 Å². The lowest BCUT2D eigenvalue weighted by molar-refractivity contribution is -0.231. The number of carbonyl (C=O) groups excluding carboxylic acids is 1. The van der Waals surface area contributed by atoms with Crippen LogP contribution < -0.4 is 0 Å². The molecule has 206 valence electrons. The first-order valence-electron chi connectivity index (χ1n) is 12.4. The van der Waals surface area contributed by atoms with Crippen molar-refractivity contribution in [2.24, 2.45) is 0 Å². The van der Waals surface area contributed by atoms with Gasteiger partial charge in [0.25, 0.3) is 0 Å². The van der Waals surface area contributed by atoms with E-state index in [2.05, 4.69) is 0 Å². The van der Waals surface area contributed by atoms with Gasteiger partial charge in [-0.15, -0.1) is 0 Å². The predicted molar refractivity (Wildman–Crippen MR) is 136 cm³/mol. The molecule has 2 aliphatic rings. The molecule has 0 amide bonds. The number of ether oxygens (including phenoxy) is 2. The van der Waals surface area contributed by atoms with Gasteiger partial charge < -0.3 is 45.2 Å². The maximum absolute atomic E-state index is 12.2. The molecule has 2 saturated heterocycles. The number of ketones is 1. The molecule has 2 heterocycles. The molecule has 2 aromatic rings. The molecular weight excluding hydrogens is 496 g/mol. The second-order valence-corrected chi connectivity index (χ2v) is 9.88. The minimum Gasteiger partial charge on any atom is -0.394 e. The zero-order chi connectivity index (χ0) is 27.7. The van der Waals surface area contributed by atoms with E-state index in [1.54, 1.807) is 18.2 Å². The van der Waals surface area contributed by atoms with Crippen LogP contribution in [0, 0.1) is 13.8 Å². The topological polar surface area (TPSA) is 177 Å². The highest BCUT2D eigenvalue weighted by Gasteiger charge is 2.45. The van der Waals surface area contributed by atoms with Gasteiger partial charge in [-0.2, -0.15) is 0 Å². The minimum atomic E-state index is -1.58. The Morgan fingerprint density at radius 3 is 1.68 bits per heavy atom. The average Bonchev–Trinajstić information content (AvgIpc) is 2.90. The molecule has 0 aromatic heterocycles. The van der Waals surface area contributed by atoms with Crippen LogP contribution in [0.1, 0.15) is 45.6 Å². The van der Waals surface area contributed by atoms with Gasteiger partial charge in [0.15, 0.2) is 5.78 Å². The highest BCUT2D eigenvalue weighted by molar-refractivity contribution is 5.89. The number of Topliss-reactive ketones (excluding diaryl/α,β-unsaturated/α-hetero) is 1. The second kappa shape index (κ2) is 11.7. The fourth-order valence-electron chi connectivity index (χ4n) is 5.03. The van der Waals surface area contributed by atoms with E-state index in [-0.39, 0.29) is 0 Å². The van der Waals surface area contributed by atoms with Gasteiger partial charge >= 0.3 is 0 Å². The number of aliphatic hydroxyl groups is 7. The van der Waals surface area contributed by atoms with Crippen molar-refractivity contribution in [3.05, 3.63) is 69.8 Å². The smallest absolute Gasteiger partial charge is 0.195 e. The molecule has 10 heteroatoms. The number of carbonyl (C=O) groups is 1. The molecular formula is C28H34O10. The van der Waals surface area contributed by atoms with Crippen molar-refractivity contribution in [2.45, 2.75) is 68.8 Å². The zero-order valence-corrected chi connectivity index (χ0v) is 21.1. The summed E-state index contributed by atoms with van der Waals surface area (Å²) in [6.07, 6.45) is -7.59. The molecule has 7 N–H and O–H groups in total. The standard InChI is InChI=1S/C28H34O10/c1-13-9-15(5-7-17(13)27-25(35)23(33)21(31)19(11-29)37-27)3-4-16-6-8-18(14(2)10-16)28-26(36)24(34)22(32)20(12-30)38-28/h3-10,19-23,25-33,35-36H,11-12H2,1-2H3/b4-3+/t19-,20-,21-,22-,23?,25+,26+,27-,28-/m1/s1. The molecule has 9 atom stereocenters. The Balaban J connectivity index is 1.50.